The zero-order chi connectivity index (χ0) is 17.2. The maximum absolute atomic E-state index is 12.7. The van der Waals surface area contributed by atoms with Crippen molar-refractivity contribution in [1.82, 2.24) is 25.0 Å². The standard InChI is InChI=1S/C18H23N5O2/c1-25-17-13(5-4-7-19-17)11-22-10-6-15-14(12-22)16(21-20-15)18(24)23-8-2-3-9-23/h4-5,7H,2-3,6,8-12H2,1H3,(H,20,21). The summed E-state index contributed by atoms with van der Waals surface area (Å²) in [5, 5.41) is 7.41. The first-order valence-corrected chi connectivity index (χ1v) is 8.82. The van der Waals surface area contributed by atoms with Crippen LogP contribution < -0.4 is 4.74 Å². The van der Waals surface area contributed by atoms with Crippen LogP contribution in [-0.4, -0.2) is 57.6 Å². The van der Waals surface area contributed by atoms with E-state index in [1.54, 1.807) is 13.3 Å². The van der Waals surface area contributed by atoms with Gasteiger partial charge < -0.3 is 9.64 Å². The highest BCUT2D eigenvalue weighted by Crippen LogP contribution is 2.25. The lowest BCUT2D eigenvalue weighted by molar-refractivity contribution is 0.0784. The van der Waals surface area contributed by atoms with Gasteiger partial charge in [0.1, 0.15) is 0 Å². The van der Waals surface area contributed by atoms with Crippen LogP contribution in [0.15, 0.2) is 18.3 Å². The highest BCUT2D eigenvalue weighted by molar-refractivity contribution is 5.94. The highest BCUT2D eigenvalue weighted by Gasteiger charge is 2.29. The van der Waals surface area contributed by atoms with Crippen LogP contribution in [0, 0.1) is 0 Å². The monoisotopic (exact) mass is 341 g/mol. The van der Waals surface area contributed by atoms with Gasteiger partial charge in [0.25, 0.3) is 5.91 Å². The third-order valence-electron chi connectivity index (χ3n) is 5.05. The molecule has 2 aromatic heterocycles. The van der Waals surface area contributed by atoms with Crippen molar-refractivity contribution in [1.29, 1.82) is 0 Å². The van der Waals surface area contributed by atoms with Gasteiger partial charge in [-0.1, -0.05) is 6.07 Å². The number of nitrogens with zero attached hydrogens (tertiary/aromatic N) is 4. The topological polar surface area (TPSA) is 74.3 Å². The molecule has 2 aromatic rings. The van der Waals surface area contributed by atoms with Gasteiger partial charge in [-0.2, -0.15) is 5.10 Å². The lowest BCUT2D eigenvalue weighted by Crippen LogP contribution is -2.33. The number of rotatable bonds is 4. The molecule has 1 saturated heterocycles. The van der Waals surface area contributed by atoms with Gasteiger partial charge in [-0.05, 0) is 18.9 Å². The summed E-state index contributed by atoms with van der Waals surface area (Å²) in [6.07, 6.45) is 4.79. The number of methoxy groups -OCH3 is 1. The zero-order valence-corrected chi connectivity index (χ0v) is 14.5. The lowest BCUT2D eigenvalue weighted by Gasteiger charge is -2.27. The third kappa shape index (κ3) is 3.11. The van der Waals surface area contributed by atoms with Crippen LogP contribution in [0.4, 0.5) is 0 Å². The second-order valence-corrected chi connectivity index (χ2v) is 6.66. The van der Waals surface area contributed by atoms with Crippen LogP contribution in [0.25, 0.3) is 0 Å². The van der Waals surface area contributed by atoms with E-state index in [9.17, 15) is 4.79 Å². The van der Waals surface area contributed by atoms with Crippen LogP contribution >= 0.6 is 0 Å². The molecule has 0 radical (unpaired) electrons. The molecule has 0 atom stereocenters. The molecule has 0 saturated carbocycles. The summed E-state index contributed by atoms with van der Waals surface area (Å²) >= 11 is 0. The Morgan fingerprint density at radius 3 is 2.96 bits per heavy atom. The lowest BCUT2D eigenvalue weighted by atomic mass is 10.0. The number of H-pyrrole nitrogens is 1. The Morgan fingerprint density at radius 2 is 2.16 bits per heavy atom. The normalized spacial score (nSPS) is 17.6. The van der Waals surface area contributed by atoms with Gasteiger partial charge in [0.05, 0.1) is 7.11 Å². The highest BCUT2D eigenvalue weighted by atomic mass is 16.5. The van der Waals surface area contributed by atoms with Crippen molar-refractivity contribution in [3.05, 3.63) is 40.8 Å². The molecular formula is C18H23N5O2. The molecule has 0 bridgehead atoms. The first kappa shape index (κ1) is 16.1. The number of fused-ring (bicyclic) bond motifs is 1. The number of aromatic nitrogens is 3. The molecule has 7 nitrogen and oxygen atoms in total. The van der Waals surface area contributed by atoms with Gasteiger partial charge in [-0.15, -0.1) is 0 Å². The largest absolute Gasteiger partial charge is 0.481 e. The van der Waals surface area contributed by atoms with Gasteiger partial charge in [0.2, 0.25) is 5.88 Å². The van der Waals surface area contributed by atoms with Gasteiger partial charge in [0, 0.05) is 62.2 Å². The molecule has 1 fully saturated rings. The number of likely N-dealkylation sites (tertiary alicyclic amines) is 1. The van der Waals surface area contributed by atoms with Gasteiger partial charge in [0.15, 0.2) is 5.69 Å². The van der Waals surface area contributed by atoms with Crippen LogP contribution in [-0.2, 0) is 19.5 Å². The fourth-order valence-corrected chi connectivity index (χ4v) is 3.70. The Kier molecular flexibility index (Phi) is 4.40. The van der Waals surface area contributed by atoms with E-state index >= 15 is 0 Å². The van der Waals surface area contributed by atoms with E-state index < -0.39 is 0 Å². The Bertz CT molecular complexity index is 767. The Labute approximate surface area is 147 Å². The van der Waals surface area contributed by atoms with Crippen molar-refractivity contribution >= 4 is 5.91 Å². The van der Waals surface area contributed by atoms with Crippen molar-refractivity contribution < 1.29 is 9.53 Å². The van der Waals surface area contributed by atoms with Crippen molar-refractivity contribution in [3.63, 3.8) is 0 Å². The average Bonchev–Trinajstić information content (AvgIpc) is 3.31. The van der Waals surface area contributed by atoms with E-state index in [2.05, 4.69) is 20.1 Å². The SMILES string of the molecule is COc1ncccc1CN1CCc2[nH]nc(C(=O)N3CCCC3)c2C1. The van der Waals surface area contributed by atoms with Gasteiger partial charge >= 0.3 is 0 Å². The molecule has 132 valence electrons. The molecule has 0 unspecified atom stereocenters. The molecule has 1 N–H and O–H groups in total. The van der Waals surface area contributed by atoms with E-state index in [-0.39, 0.29) is 5.91 Å². The number of nitrogens with one attached hydrogen (secondary N) is 1. The van der Waals surface area contributed by atoms with Crippen LogP contribution in [0.3, 0.4) is 0 Å². The number of hydrogen-bond donors (Lipinski definition) is 1. The summed E-state index contributed by atoms with van der Waals surface area (Å²) < 4.78 is 5.35. The molecule has 0 aliphatic carbocycles. The Hall–Kier alpha value is -2.41. The minimum absolute atomic E-state index is 0.0656. The predicted octanol–water partition coefficient (Wildman–Crippen LogP) is 1.61. The molecule has 0 spiro atoms. The van der Waals surface area contributed by atoms with Crippen LogP contribution in [0.2, 0.25) is 0 Å². The second kappa shape index (κ2) is 6.84. The second-order valence-electron chi connectivity index (χ2n) is 6.66. The number of carbonyl (C=O) groups is 1. The molecule has 7 heteroatoms. The molecule has 2 aliphatic heterocycles. The van der Waals surface area contributed by atoms with E-state index in [1.807, 2.05) is 17.0 Å². The van der Waals surface area contributed by atoms with E-state index in [1.165, 1.54) is 0 Å². The first-order chi connectivity index (χ1) is 12.3. The summed E-state index contributed by atoms with van der Waals surface area (Å²) in [4.78, 5) is 21.2. The maximum Gasteiger partial charge on any atom is 0.274 e. The number of aromatic amines is 1. The number of carbonyl (C=O) groups excluding carboxylic acids is 1. The van der Waals surface area contributed by atoms with E-state index in [0.717, 1.165) is 68.8 Å². The Morgan fingerprint density at radius 1 is 1.32 bits per heavy atom. The molecule has 0 aromatic carbocycles. The molecule has 4 heterocycles. The van der Waals surface area contributed by atoms with Crippen molar-refractivity contribution in [2.75, 3.05) is 26.7 Å². The zero-order valence-electron chi connectivity index (χ0n) is 14.5. The average molecular weight is 341 g/mol. The fraction of sp³-hybridized carbons (Fsp3) is 0.500. The van der Waals surface area contributed by atoms with Gasteiger partial charge in [-0.25, -0.2) is 4.98 Å². The minimum Gasteiger partial charge on any atom is -0.481 e. The fourth-order valence-electron chi connectivity index (χ4n) is 3.70. The third-order valence-corrected chi connectivity index (χ3v) is 5.05. The van der Waals surface area contributed by atoms with Gasteiger partial charge in [-0.3, -0.25) is 14.8 Å². The predicted molar refractivity (Wildman–Crippen MR) is 92.3 cm³/mol. The number of hydrogen-bond acceptors (Lipinski definition) is 5. The quantitative estimate of drug-likeness (QED) is 0.914. The number of ether oxygens (including phenoxy) is 1. The molecule has 1 amide bonds. The molecule has 4 rings (SSSR count). The van der Waals surface area contributed by atoms with E-state index in [4.69, 9.17) is 4.74 Å². The smallest absolute Gasteiger partial charge is 0.274 e. The molecule has 25 heavy (non-hydrogen) atoms. The van der Waals surface area contributed by atoms with Crippen molar-refractivity contribution in [3.8, 4) is 5.88 Å². The molecule has 2 aliphatic rings. The Balaban J connectivity index is 1.52. The van der Waals surface area contributed by atoms with Crippen LogP contribution in [0.1, 0.15) is 40.2 Å². The minimum atomic E-state index is 0.0656. The van der Waals surface area contributed by atoms with E-state index in [0.29, 0.717) is 11.6 Å². The van der Waals surface area contributed by atoms with Crippen molar-refractivity contribution in [2.45, 2.75) is 32.4 Å². The first-order valence-electron chi connectivity index (χ1n) is 8.82. The summed E-state index contributed by atoms with van der Waals surface area (Å²) in [5.41, 5.74) is 3.80. The molecular weight excluding hydrogens is 318 g/mol. The summed E-state index contributed by atoms with van der Waals surface area (Å²) in [7, 11) is 1.64. The van der Waals surface area contributed by atoms with Crippen LogP contribution in [0.5, 0.6) is 5.88 Å². The summed E-state index contributed by atoms with van der Waals surface area (Å²) in [6.45, 7) is 4.08. The maximum atomic E-state index is 12.7. The number of amides is 1. The number of pyridine rings is 1. The summed E-state index contributed by atoms with van der Waals surface area (Å²) in [6, 6.07) is 3.96. The van der Waals surface area contributed by atoms with Crippen molar-refractivity contribution in [2.24, 2.45) is 0 Å². The summed E-state index contributed by atoms with van der Waals surface area (Å²) in [5.74, 6) is 0.727.